The molecule has 4 heteroatoms. The Kier molecular flexibility index (Phi) is 4.26. The first-order chi connectivity index (χ1) is 9.24. The Bertz CT molecular complexity index is 555. The zero-order valence-electron chi connectivity index (χ0n) is 10.8. The third-order valence-electron chi connectivity index (χ3n) is 2.91. The Morgan fingerprint density at radius 1 is 1.16 bits per heavy atom. The van der Waals surface area contributed by atoms with Crippen LogP contribution in [-0.4, -0.2) is 17.3 Å². The van der Waals surface area contributed by atoms with Crippen LogP contribution in [0.4, 0.5) is 5.69 Å². The van der Waals surface area contributed by atoms with Crippen molar-refractivity contribution >= 4 is 5.69 Å². The third-order valence-corrected chi connectivity index (χ3v) is 2.91. The molecule has 0 aromatic heterocycles. The molecule has 0 aliphatic rings. The van der Waals surface area contributed by atoms with Gasteiger partial charge in [0, 0.05) is 17.8 Å². The first kappa shape index (κ1) is 13.2. The van der Waals surface area contributed by atoms with Crippen molar-refractivity contribution in [2.75, 3.05) is 12.4 Å². The van der Waals surface area contributed by atoms with Crippen molar-refractivity contribution in [2.24, 2.45) is 0 Å². The second-order valence-corrected chi connectivity index (χ2v) is 4.18. The molecule has 3 N–H and O–H groups in total. The van der Waals surface area contributed by atoms with Crippen molar-refractivity contribution in [3.8, 4) is 11.5 Å². The predicted molar refractivity (Wildman–Crippen MR) is 74.4 cm³/mol. The van der Waals surface area contributed by atoms with Gasteiger partial charge in [-0.25, -0.2) is 0 Å². The maximum absolute atomic E-state index is 9.52. The van der Waals surface area contributed by atoms with E-state index in [0.717, 1.165) is 16.8 Å². The molecule has 19 heavy (non-hydrogen) atoms. The normalized spacial score (nSPS) is 10.2. The maximum Gasteiger partial charge on any atom is 0.160 e. The van der Waals surface area contributed by atoms with Gasteiger partial charge in [0.25, 0.3) is 0 Å². The predicted octanol–water partition coefficient (Wildman–Crippen LogP) is 2.51. The average Bonchev–Trinajstić information content (AvgIpc) is 2.46. The molecule has 100 valence electrons. The van der Waals surface area contributed by atoms with Gasteiger partial charge in [-0.05, 0) is 23.8 Å². The van der Waals surface area contributed by atoms with Gasteiger partial charge < -0.3 is 20.3 Å². The molecule has 0 saturated carbocycles. The minimum absolute atomic E-state index is 0.00206. The van der Waals surface area contributed by atoms with Crippen LogP contribution in [0, 0.1) is 0 Å². The Morgan fingerprint density at radius 2 is 1.95 bits per heavy atom. The Labute approximate surface area is 112 Å². The molecule has 0 heterocycles. The molecular formula is C15H17NO3. The number of hydrogen-bond acceptors (Lipinski definition) is 4. The van der Waals surface area contributed by atoms with Crippen molar-refractivity contribution in [3.63, 3.8) is 0 Å². The second kappa shape index (κ2) is 6.11. The van der Waals surface area contributed by atoms with Gasteiger partial charge in [0.2, 0.25) is 0 Å². The smallest absolute Gasteiger partial charge is 0.160 e. The van der Waals surface area contributed by atoms with Gasteiger partial charge in [0.05, 0.1) is 13.7 Å². The lowest BCUT2D eigenvalue weighted by atomic mass is 10.1. The van der Waals surface area contributed by atoms with Crippen LogP contribution in [0.2, 0.25) is 0 Å². The van der Waals surface area contributed by atoms with Gasteiger partial charge >= 0.3 is 0 Å². The van der Waals surface area contributed by atoms with Crippen molar-refractivity contribution in [1.82, 2.24) is 0 Å². The van der Waals surface area contributed by atoms with Crippen molar-refractivity contribution in [1.29, 1.82) is 0 Å². The van der Waals surface area contributed by atoms with Crippen molar-refractivity contribution < 1.29 is 14.9 Å². The van der Waals surface area contributed by atoms with E-state index in [1.165, 1.54) is 7.11 Å². The molecular weight excluding hydrogens is 242 g/mol. The zero-order chi connectivity index (χ0) is 13.7. The van der Waals surface area contributed by atoms with Crippen LogP contribution in [0.1, 0.15) is 11.1 Å². The number of para-hydroxylation sites is 1. The zero-order valence-corrected chi connectivity index (χ0v) is 10.8. The Morgan fingerprint density at radius 3 is 2.68 bits per heavy atom. The van der Waals surface area contributed by atoms with Gasteiger partial charge in [-0.3, -0.25) is 0 Å². The van der Waals surface area contributed by atoms with Gasteiger partial charge in [0.15, 0.2) is 11.5 Å². The third kappa shape index (κ3) is 3.17. The van der Waals surface area contributed by atoms with Crippen LogP contribution in [-0.2, 0) is 13.2 Å². The van der Waals surface area contributed by atoms with E-state index < -0.39 is 0 Å². The summed E-state index contributed by atoms with van der Waals surface area (Å²) in [6.07, 6.45) is 0. The van der Waals surface area contributed by atoms with Crippen LogP contribution >= 0.6 is 0 Å². The largest absolute Gasteiger partial charge is 0.504 e. The van der Waals surface area contributed by atoms with E-state index in [9.17, 15) is 10.2 Å². The number of phenols is 1. The summed E-state index contributed by atoms with van der Waals surface area (Å²) in [5.74, 6) is 0.580. The van der Waals surface area contributed by atoms with E-state index in [-0.39, 0.29) is 12.4 Å². The van der Waals surface area contributed by atoms with E-state index in [4.69, 9.17) is 4.74 Å². The molecule has 2 aromatic carbocycles. The van der Waals surface area contributed by atoms with Crippen molar-refractivity contribution in [3.05, 3.63) is 53.6 Å². The molecule has 0 unspecified atom stereocenters. The molecule has 0 aliphatic heterocycles. The number of benzene rings is 2. The Hall–Kier alpha value is -2.20. The van der Waals surface area contributed by atoms with Crippen LogP contribution in [0.5, 0.6) is 11.5 Å². The van der Waals surface area contributed by atoms with Crippen LogP contribution < -0.4 is 10.1 Å². The van der Waals surface area contributed by atoms with E-state index >= 15 is 0 Å². The summed E-state index contributed by atoms with van der Waals surface area (Å²) in [4.78, 5) is 0. The van der Waals surface area contributed by atoms with E-state index in [1.807, 2.05) is 30.3 Å². The lowest BCUT2D eigenvalue weighted by molar-refractivity contribution is 0.282. The van der Waals surface area contributed by atoms with Gasteiger partial charge in [0.1, 0.15) is 0 Å². The highest BCUT2D eigenvalue weighted by molar-refractivity contribution is 5.51. The number of hydrogen-bond donors (Lipinski definition) is 3. The van der Waals surface area contributed by atoms with Crippen molar-refractivity contribution in [2.45, 2.75) is 13.2 Å². The van der Waals surface area contributed by atoms with Crippen LogP contribution in [0.15, 0.2) is 42.5 Å². The molecule has 2 rings (SSSR count). The minimum Gasteiger partial charge on any atom is -0.504 e. The summed E-state index contributed by atoms with van der Waals surface area (Å²) >= 11 is 0. The molecule has 0 spiro atoms. The Balaban J connectivity index is 2.10. The lowest BCUT2D eigenvalue weighted by Gasteiger charge is -2.11. The number of ether oxygens (including phenoxy) is 1. The molecule has 0 aliphatic carbocycles. The summed E-state index contributed by atoms with van der Waals surface area (Å²) in [5.41, 5.74) is 2.74. The summed E-state index contributed by atoms with van der Waals surface area (Å²) < 4.78 is 5.06. The monoisotopic (exact) mass is 259 g/mol. The molecule has 0 fully saturated rings. The number of aromatic hydroxyl groups is 1. The maximum atomic E-state index is 9.52. The fourth-order valence-corrected chi connectivity index (χ4v) is 1.86. The quantitative estimate of drug-likeness (QED) is 0.772. The fourth-order valence-electron chi connectivity index (χ4n) is 1.86. The summed E-state index contributed by atoms with van der Waals surface area (Å²) in [6.45, 7) is 0.593. The number of aliphatic hydroxyl groups excluding tert-OH is 1. The second-order valence-electron chi connectivity index (χ2n) is 4.18. The molecule has 0 bridgehead atoms. The standard InChI is InChI=1S/C15H17NO3/c1-19-15-8-11(6-7-14(15)18)9-16-13-5-3-2-4-12(13)10-17/h2-8,16-18H,9-10H2,1H3. The molecule has 0 atom stereocenters. The minimum atomic E-state index is 0.00206. The fraction of sp³-hybridized carbons (Fsp3) is 0.200. The summed E-state index contributed by atoms with van der Waals surface area (Å²) in [7, 11) is 1.52. The van der Waals surface area contributed by atoms with Gasteiger partial charge in [-0.15, -0.1) is 0 Å². The molecule has 4 nitrogen and oxygen atoms in total. The van der Waals surface area contributed by atoms with Crippen LogP contribution in [0.25, 0.3) is 0 Å². The topological polar surface area (TPSA) is 61.7 Å². The number of phenolic OH excluding ortho intramolecular Hbond substituents is 1. The first-order valence-electron chi connectivity index (χ1n) is 6.03. The number of aliphatic hydroxyl groups is 1. The molecule has 0 radical (unpaired) electrons. The molecule has 2 aromatic rings. The molecule has 0 amide bonds. The van der Waals surface area contributed by atoms with E-state index in [2.05, 4.69) is 5.32 Å². The highest BCUT2D eigenvalue weighted by Gasteiger charge is 2.04. The number of nitrogens with one attached hydrogen (secondary N) is 1. The van der Waals surface area contributed by atoms with Gasteiger partial charge in [-0.2, -0.15) is 0 Å². The number of anilines is 1. The molecule has 0 saturated heterocycles. The SMILES string of the molecule is COc1cc(CNc2ccccc2CO)ccc1O. The highest BCUT2D eigenvalue weighted by Crippen LogP contribution is 2.26. The van der Waals surface area contributed by atoms with Crippen LogP contribution in [0.3, 0.4) is 0 Å². The summed E-state index contributed by atoms with van der Waals surface area (Å²) in [6, 6.07) is 12.8. The average molecular weight is 259 g/mol. The number of rotatable bonds is 5. The lowest BCUT2D eigenvalue weighted by Crippen LogP contribution is -2.02. The summed E-state index contributed by atoms with van der Waals surface area (Å²) in [5, 5.41) is 22.0. The van der Waals surface area contributed by atoms with E-state index in [0.29, 0.717) is 12.3 Å². The van der Waals surface area contributed by atoms with Gasteiger partial charge in [-0.1, -0.05) is 24.3 Å². The number of methoxy groups -OCH3 is 1. The highest BCUT2D eigenvalue weighted by atomic mass is 16.5. The first-order valence-corrected chi connectivity index (χ1v) is 6.03. The van der Waals surface area contributed by atoms with E-state index in [1.54, 1.807) is 12.1 Å².